The zero-order chi connectivity index (χ0) is 10.5. The fraction of sp³-hybridized carbons (Fsp3) is 1.00. The largest absolute Gasteiger partial charge is 0.267 e. The highest BCUT2D eigenvalue weighted by Crippen LogP contribution is 2.15. The monoisotopic (exact) mass is 208 g/mol. The third-order valence-electron chi connectivity index (χ3n) is 1.88. The summed E-state index contributed by atoms with van der Waals surface area (Å²) >= 11 is 0. The molecule has 0 rings (SSSR count). The van der Waals surface area contributed by atoms with Crippen LogP contribution in [0.5, 0.6) is 0 Å². The molecule has 0 heterocycles. The maximum absolute atomic E-state index is 10.9. The molecular formula is C9H20O3S. The van der Waals surface area contributed by atoms with E-state index in [0.29, 0.717) is 0 Å². The molecule has 80 valence electrons. The van der Waals surface area contributed by atoms with Gasteiger partial charge in [-0.1, -0.05) is 33.6 Å². The van der Waals surface area contributed by atoms with E-state index in [1.807, 2.05) is 13.8 Å². The van der Waals surface area contributed by atoms with E-state index in [4.69, 9.17) is 4.18 Å². The first-order valence-electron chi connectivity index (χ1n) is 4.75. The lowest BCUT2D eigenvalue weighted by Gasteiger charge is -2.19. The number of hydrogen-bond donors (Lipinski definition) is 0. The molecule has 0 aliphatic carbocycles. The van der Waals surface area contributed by atoms with Crippen LogP contribution >= 0.6 is 0 Å². The Morgan fingerprint density at radius 1 is 1.31 bits per heavy atom. The van der Waals surface area contributed by atoms with Gasteiger partial charge in [0.2, 0.25) is 0 Å². The van der Waals surface area contributed by atoms with Gasteiger partial charge < -0.3 is 0 Å². The van der Waals surface area contributed by atoms with Crippen molar-refractivity contribution < 1.29 is 12.6 Å². The second-order valence-electron chi connectivity index (χ2n) is 3.73. The molecule has 0 amide bonds. The molecule has 0 bridgehead atoms. The van der Waals surface area contributed by atoms with Crippen LogP contribution in [-0.4, -0.2) is 20.8 Å². The van der Waals surface area contributed by atoms with Gasteiger partial charge in [-0.2, -0.15) is 8.42 Å². The number of unbranched alkanes of at least 4 members (excludes halogenated alkanes) is 1. The summed E-state index contributed by atoms with van der Waals surface area (Å²) in [7, 11) is -3.30. The summed E-state index contributed by atoms with van der Waals surface area (Å²) in [6.07, 6.45) is 3.85. The van der Waals surface area contributed by atoms with Gasteiger partial charge in [-0.25, -0.2) is 0 Å². The van der Waals surface area contributed by atoms with E-state index in [2.05, 4.69) is 6.92 Å². The summed E-state index contributed by atoms with van der Waals surface area (Å²) in [6.45, 7) is 6.04. The van der Waals surface area contributed by atoms with Crippen molar-refractivity contribution in [3.05, 3.63) is 0 Å². The SMILES string of the molecule is CCCCC(OS(C)(=O)=O)C(C)C. The van der Waals surface area contributed by atoms with E-state index < -0.39 is 10.1 Å². The molecule has 1 unspecified atom stereocenters. The summed E-state index contributed by atoms with van der Waals surface area (Å²) in [4.78, 5) is 0. The van der Waals surface area contributed by atoms with Gasteiger partial charge in [0.1, 0.15) is 0 Å². The first-order chi connectivity index (χ1) is 5.87. The van der Waals surface area contributed by atoms with Gasteiger partial charge in [0.15, 0.2) is 0 Å². The maximum Gasteiger partial charge on any atom is 0.264 e. The van der Waals surface area contributed by atoms with E-state index >= 15 is 0 Å². The molecule has 0 saturated carbocycles. The Morgan fingerprint density at radius 2 is 1.85 bits per heavy atom. The zero-order valence-corrected chi connectivity index (χ0v) is 9.73. The van der Waals surface area contributed by atoms with Crippen molar-refractivity contribution >= 4 is 10.1 Å². The van der Waals surface area contributed by atoms with Crippen molar-refractivity contribution in [3.8, 4) is 0 Å². The van der Waals surface area contributed by atoms with Crippen molar-refractivity contribution in [2.24, 2.45) is 5.92 Å². The van der Waals surface area contributed by atoms with Crippen molar-refractivity contribution in [1.29, 1.82) is 0 Å². The predicted molar refractivity (Wildman–Crippen MR) is 54.1 cm³/mol. The van der Waals surface area contributed by atoms with E-state index in [9.17, 15) is 8.42 Å². The van der Waals surface area contributed by atoms with E-state index in [1.165, 1.54) is 0 Å². The van der Waals surface area contributed by atoms with Gasteiger partial charge in [0, 0.05) is 0 Å². The van der Waals surface area contributed by atoms with Crippen molar-refractivity contribution in [3.63, 3.8) is 0 Å². The molecule has 4 heteroatoms. The van der Waals surface area contributed by atoms with Gasteiger partial charge in [-0.05, 0) is 12.3 Å². The maximum atomic E-state index is 10.9. The normalized spacial score (nSPS) is 14.8. The molecule has 0 aliphatic rings. The average Bonchev–Trinajstić information content (AvgIpc) is 1.95. The Balaban J connectivity index is 4.11. The average molecular weight is 208 g/mol. The molecule has 0 aromatic carbocycles. The lowest BCUT2D eigenvalue weighted by molar-refractivity contribution is 0.148. The summed E-state index contributed by atoms with van der Waals surface area (Å²) in [6, 6.07) is 0. The summed E-state index contributed by atoms with van der Waals surface area (Å²) in [5, 5.41) is 0. The molecule has 0 aromatic heterocycles. The van der Waals surface area contributed by atoms with Crippen LogP contribution in [-0.2, 0) is 14.3 Å². The van der Waals surface area contributed by atoms with Crippen LogP contribution in [0, 0.1) is 5.92 Å². The third-order valence-corrected chi connectivity index (χ3v) is 2.48. The minimum absolute atomic E-state index is 0.157. The zero-order valence-electron chi connectivity index (χ0n) is 8.91. The number of hydrogen-bond acceptors (Lipinski definition) is 3. The lowest BCUT2D eigenvalue weighted by Crippen LogP contribution is -2.23. The molecule has 1 atom stereocenters. The van der Waals surface area contributed by atoms with Crippen molar-refractivity contribution in [2.45, 2.75) is 46.1 Å². The topological polar surface area (TPSA) is 43.4 Å². The molecule has 0 radical (unpaired) electrons. The molecule has 0 aromatic rings. The molecular weight excluding hydrogens is 188 g/mol. The standard InChI is InChI=1S/C9H20O3S/c1-5-6-7-9(8(2)3)12-13(4,10)11/h8-9H,5-7H2,1-4H3. The molecule has 13 heavy (non-hydrogen) atoms. The second kappa shape index (κ2) is 5.60. The van der Waals surface area contributed by atoms with E-state index in [0.717, 1.165) is 25.5 Å². The van der Waals surface area contributed by atoms with Crippen molar-refractivity contribution in [2.75, 3.05) is 6.26 Å². The first kappa shape index (κ1) is 12.9. The lowest BCUT2D eigenvalue weighted by atomic mass is 10.0. The van der Waals surface area contributed by atoms with Gasteiger partial charge in [0.05, 0.1) is 12.4 Å². The Hall–Kier alpha value is -0.0900. The Bertz CT molecular complexity index is 219. The van der Waals surface area contributed by atoms with Gasteiger partial charge in [-0.3, -0.25) is 4.18 Å². The number of rotatable bonds is 6. The smallest absolute Gasteiger partial charge is 0.264 e. The molecule has 0 fully saturated rings. The van der Waals surface area contributed by atoms with Gasteiger partial charge in [-0.15, -0.1) is 0 Å². The minimum Gasteiger partial charge on any atom is -0.267 e. The van der Waals surface area contributed by atoms with Crippen LogP contribution in [0.25, 0.3) is 0 Å². The van der Waals surface area contributed by atoms with Crippen LogP contribution in [0.2, 0.25) is 0 Å². The summed E-state index contributed by atoms with van der Waals surface area (Å²) in [5.74, 6) is 0.251. The van der Waals surface area contributed by atoms with E-state index in [1.54, 1.807) is 0 Å². The quantitative estimate of drug-likeness (QED) is 0.628. The molecule has 0 spiro atoms. The fourth-order valence-electron chi connectivity index (χ4n) is 1.12. The highest BCUT2D eigenvalue weighted by Gasteiger charge is 2.18. The highest BCUT2D eigenvalue weighted by molar-refractivity contribution is 7.86. The molecule has 0 N–H and O–H groups in total. The van der Waals surface area contributed by atoms with Crippen LogP contribution in [0.15, 0.2) is 0 Å². The summed E-state index contributed by atoms with van der Waals surface area (Å²) < 4.78 is 26.7. The minimum atomic E-state index is -3.30. The van der Waals surface area contributed by atoms with Crippen molar-refractivity contribution in [1.82, 2.24) is 0 Å². The Morgan fingerprint density at radius 3 is 2.15 bits per heavy atom. The first-order valence-corrected chi connectivity index (χ1v) is 6.56. The Kier molecular flexibility index (Phi) is 5.56. The summed E-state index contributed by atoms with van der Waals surface area (Å²) in [5.41, 5.74) is 0. The van der Waals surface area contributed by atoms with Crippen LogP contribution < -0.4 is 0 Å². The molecule has 0 aliphatic heterocycles. The van der Waals surface area contributed by atoms with Crippen LogP contribution in [0.3, 0.4) is 0 Å². The van der Waals surface area contributed by atoms with Gasteiger partial charge >= 0.3 is 0 Å². The van der Waals surface area contributed by atoms with Crippen LogP contribution in [0.1, 0.15) is 40.0 Å². The third kappa shape index (κ3) is 7.02. The van der Waals surface area contributed by atoms with Gasteiger partial charge in [0.25, 0.3) is 10.1 Å². The fourth-order valence-corrected chi connectivity index (χ4v) is 1.89. The molecule has 3 nitrogen and oxygen atoms in total. The predicted octanol–water partition coefficient (Wildman–Crippen LogP) is 2.18. The van der Waals surface area contributed by atoms with E-state index in [-0.39, 0.29) is 12.0 Å². The van der Waals surface area contributed by atoms with Crippen LogP contribution in [0.4, 0.5) is 0 Å². The Labute approximate surface area is 81.6 Å². The second-order valence-corrected chi connectivity index (χ2v) is 5.33. The molecule has 0 saturated heterocycles. The highest BCUT2D eigenvalue weighted by atomic mass is 32.2.